The minimum atomic E-state index is -0.498. The van der Waals surface area contributed by atoms with Crippen LogP contribution in [-0.2, 0) is 4.74 Å². The zero-order valence-electron chi connectivity index (χ0n) is 14.4. The van der Waals surface area contributed by atoms with Gasteiger partial charge in [0.25, 0.3) is 0 Å². The molecule has 0 saturated heterocycles. The van der Waals surface area contributed by atoms with E-state index >= 15 is 0 Å². The Kier molecular flexibility index (Phi) is 4.98. The maximum absolute atomic E-state index is 12.2. The standard InChI is InChI=1S/C21H21NO3/c1-3-14(2)15-8-10-16(11-9-15)20(23)13-25-21(24)18-12-22-19-7-5-4-6-17(18)19/h4-12,14,22H,3,13H2,1-2H3/t14-/m1/s1. The summed E-state index contributed by atoms with van der Waals surface area (Å²) in [7, 11) is 0. The van der Waals surface area contributed by atoms with Gasteiger partial charge in [0, 0.05) is 22.7 Å². The molecule has 4 heteroatoms. The molecule has 3 aromatic rings. The SMILES string of the molecule is CC[C@@H](C)c1ccc(C(=O)COC(=O)c2c[nH]c3ccccc23)cc1. The molecule has 0 saturated carbocycles. The Morgan fingerprint density at radius 2 is 1.80 bits per heavy atom. The fourth-order valence-electron chi connectivity index (χ4n) is 2.77. The fraction of sp³-hybridized carbons (Fsp3) is 0.238. The third-order valence-electron chi connectivity index (χ3n) is 4.56. The molecule has 0 aliphatic rings. The van der Waals surface area contributed by atoms with Crippen LogP contribution in [0.15, 0.2) is 54.7 Å². The number of hydrogen-bond acceptors (Lipinski definition) is 3. The number of esters is 1. The number of H-pyrrole nitrogens is 1. The zero-order chi connectivity index (χ0) is 17.8. The molecule has 1 atom stereocenters. The highest BCUT2D eigenvalue weighted by molar-refractivity contribution is 6.05. The van der Waals surface area contributed by atoms with Crippen LogP contribution in [0.3, 0.4) is 0 Å². The lowest BCUT2D eigenvalue weighted by Gasteiger charge is -2.09. The van der Waals surface area contributed by atoms with Gasteiger partial charge in [0.1, 0.15) is 0 Å². The van der Waals surface area contributed by atoms with Crippen LogP contribution < -0.4 is 0 Å². The normalized spacial score (nSPS) is 12.1. The number of Topliss-reactive ketones (excluding diaryl/α,β-unsaturated/α-hetero) is 1. The number of ketones is 1. The van der Waals surface area contributed by atoms with Gasteiger partial charge in [-0.15, -0.1) is 0 Å². The van der Waals surface area contributed by atoms with Crippen LogP contribution in [-0.4, -0.2) is 23.3 Å². The lowest BCUT2D eigenvalue weighted by molar-refractivity contribution is 0.0477. The highest BCUT2D eigenvalue weighted by atomic mass is 16.5. The molecule has 0 unspecified atom stereocenters. The van der Waals surface area contributed by atoms with Gasteiger partial charge in [-0.2, -0.15) is 0 Å². The minimum Gasteiger partial charge on any atom is -0.454 e. The van der Waals surface area contributed by atoms with Gasteiger partial charge in [-0.3, -0.25) is 4.79 Å². The molecule has 2 aromatic carbocycles. The molecular weight excluding hydrogens is 314 g/mol. The van der Waals surface area contributed by atoms with Gasteiger partial charge in [0.05, 0.1) is 5.56 Å². The molecule has 1 N–H and O–H groups in total. The number of aromatic nitrogens is 1. The third kappa shape index (κ3) is 3.63. The van der Waals surface area contributed by atoms with Crippen molar-refractivity contribution in [2.24, 2.45) is 0 Å². The van der Waals surface area contributed by atoms with Gasteiger partial charge in [-0.05, 0) is 24.0 Å². The number of fused-ring (bicyclic) bond motifs is 1. The quantitative estimate of drug-likeness (QED) is 0.524. The molecule has 1 aromatic heterocycles. The lowest BCUT2D eigenvalue weighted by Crippen LogP contribution is -2.14. The second-order valence-corrected chi connectivity index (χ2v) is 6.18. The first-order chi connectivity index (χ1) is 12.1. The summed E-state index contributed by atoms with van der Waals surface area (Å²) >= 11 is 0. The smallest absolute Gasteiger partial charge is 0.340 e. The van der Waals surface area contributed by atoms with E-state index < -0.39 is 5.97 Å². The van der Waals surface area contributed by atoms with Crippen molar-refractivity contribution in [1.82, 2.24) is 4.98 Å². The van der Waals surface area contributed by atoms with Crippen molar-refractivity contribution in [2.45, 2.75) is 26.2 Å². The van der Waals surface area contributed by atoms with Crippen molar-refractivity contribution in [3.8, 4) is 0 Å². The van der Waals surface area contributed by atoms with Gasteiger partial charge in [-0.25, -0.2) is 4.79 Å². The molecule has 25 heavy (non-hydrogen) atoms. The molecule has 0 bridgehead atoms. The summed E-state index contributed by atoms with van der Waals surface area (Å²) in [6.07, 6.45) is 2.66. The first-order valence-electron chi connectivity index (χ1n) is 8.46. The van der Waals surface area contributed by atoms with E-state index in [9.17, 15) is 9.59 Å². The summed E-state index contributed by atoms with van der Waals surface area (Å²) in [5, 5.41) is 0.790. The van der Waals surface area contributed by atoms with Gasteiger partial charge in [0.2, 0.25) is 0 Å². The molecule has 0 amide bonds. The molecule has 4 nitrogen and oxygen atoms in total. The number of nitrogens with one attached hydrogen (secondary N) is 1. The summed E-state index contributed by atoms with van der Waals surface area (Å²) < 4.78 is 5.20. The number of hydrogen-bond donors (Lipinski definition) is 1. The Bertz CT molecular complexity index is 893. The Morgan fingerprint density at radius 1 is 1.08 bits per heavy atom. The van der Waals surface area contributed by atoms with E-state index in [1.54, 1.807) is 18.3 Å². The van der Waals surface area contributed by atoms with Crippen LogP contribution in [0.1, 0.15) is 52.5 Å². The summed E-state index contributed by atoms with van der Waals surface area (Å²) in [5.41, 5.74) is 3.06. The fourth-order valence-corrected chi connectivity index (χ4v) is 2.77. The lowest BCUT2D eigenvalue weighted by atomic mass is 9.97. The molecule has 0 spiro atoms. The molecule has 3 rings (SSSR count). The zero-order valence-corrected chi connectivity index (χ0v) is 14.4. The average Bonchev–Trinajstić information content (AvgIpc) is 3.09. The van der Waals surface area contributed by atoms with E-state index in [0.29, 0.717) is 17.0 Å². The first-order valence-corrected chi connectivity index (χ1v) is 8.46. The van der Waals surface area contributed by atoms with Crippen molar-refractivity contribution in [3.05, 3.63) is 71.4 Å². The van der Waals surface area contributed by atoms with Crippen LogP contribution in [0.4, 0.5) is 0 Å². The van der Waals surface area contributed by atoms with Crippen LogP contribution in [0.25, 0.3) is 10.9 Å². The van der Waals surface area contributed by atoms with Crippen LogP contribution >= 0.6 is 0 Å². The Hall–Kier alpha value is -2.88. The largest absolute Gasteiger partial charge is 0.454 e. The summed E-state index contributed by atoms with van der Waals surface area (Å²) in [6, 6.07) is 15.0. The van der Waals surface area contributed by atoms with Crippen molar-refractivity contribution in [1.29, 1.82) is 0 Å². The molecule has 0 aliphatic carbocycles. The predicted molar refractivity (Wildman–Crippen MR) is 98.1 cm³/mol. The van der Waals surface area contributed by atoms with Crippen LogP contribution in [0.5, 0.6) is 0 Å². The molecule has 0 radical (unpaired) electrons. The molecular formula is C21H21NO3. The van der Waals surface area contributed by atoms with Crippen molar-refractivity contribution in [3.63, 3.8) is 0 Å². The number of carbonyl (C=O) groups excluding carboxylic acids is 2. The van der Waals surface area contributed by atoms with Gasteiger partial charge in [0.15, 0.2) is 12.4 Å². The van der Waals surface area contributed by atoms with E-state index in [2.05, 4.69) is 18.8 Å². The summed E-state index contributed by atoms with van der Waals surface area (Å²) in [6.45, 7) is 4.02. The van der Waals surface area contributed by atoms with Gasteiger partial charge in [-0.1, -0.05) is 56.3 Å². The highest BCUT2D eigenvalue weighted by Crippen LogP contribution is 2.20. The predicted octanol–water partition coefficient (Wildman–Crippen LogP) is 4.72. The van der Waals surface area contributed by atoms with E-state index in [-0.39, 0.29) is 12.4 Å². The molecule has 0 aliphatic heterocycles. The second kappa shape index (κ2) is 7.34. The summed E-state index contributed by atoms with van der Waals surface area (Å²) in [5.74, 6) is -0.241. The Labute approximate surface area is 146 Å². The topological polar surface area (TPSA) is 59.2 Å². The first kappa shape index (κ1) is 17.0. The third-order valence-corrected chi connectivity index (χ3v) is 4.56. The number of rotatable bonds is 6. The number of ether oxygens (including phenoxy) is 1. The van der Waals surface area contributed by atoms with E-state index in [0.717, 1.165) is 17.3 Å². The van der Waals surface area contributed by atoms with Crippen LogP contribution in [0, 0.1) is 0 Å². The molecule has 0 fully saturated rings. The molecule has 128 valence electrons. The number of benzene rings is 2. The number of carbonyl (C=O) groups is 2. The number of aromatic amines is 1. The monoisotopic (exact) mass is 335 g/mol. The maximum Gasteiger partial charge on any atom is 0.340 e. The molecule has 1 heterocycles. The maximum atomic E-state index is 12.2. The Morgan fingerprint density at radius 3 is 2.52 bits per heavy atom. The van der Waals surface area contributed by atoms with E-state index in [4.69, 9.17) is 4.74 Å². The summed E-state index contributed by atoms with van der Waals surface area (Å²) in [4.78, 5) is 27.5. The van der Waals surface area contributed by atoms with Crippen LogP contribution in [0.2, 0.25) is 0 Å². The minimum absolute atomic E-state index is 0.205. The van der Waals surface area contributed by atoms with Crippen molar-refractivity contribution in [2.75, 3.05) is 6.61 Å². The second-order valence-electron chi connectivity index (χ2n) is 6.18. The Balaban J connectivity index is 1.64. The van der Waals surface area contributed by atoms with E-state index in [1.807, 2.05) is 36.4 Å². The average molecular weight is 335 g/mol. The van der Waals surface area contributed by atoms with Crippen molar-refractivity contribution >= 4 is 22.7 Å². The van der Waals surface area contributed by atoms with Gasteiger partial charge < -0.3 is 9.72 Å². The number of para-hydroxylation sites is 1. The highest BCUT2D eigenvalue weighted by Gasteiger charge is 2.15. The van der Waals surface area contributed by atoms with E-state index in [1.165, 1.54) is 5.56 Å². The van der Waals surface area contributed by atoms with Crippen molar-refractivity contribution < 1.29 is 14.3 Å². The van der Waals surface area contributed by atoms with Gasteiger partial charge >= 0.3 is 5.97 Å².